The number of fused-ring (bicyclic) bond motifs is 1. The SMILES string of the molecule is Cc1c(CC(=O)O)c2cc(F)ccc2n1S(=O)(=O)c1ccccc1C#N. The number of carboxylic acid groups (broad SMARTS) is 1. The molecule has 0 radical (unpaired) electrons. The maximum absolute atomic E-state index is 13.7. The summed E-state index contributed by atoms with van der Waals surface area (Å²) in [5.41, 5.74) is 0.509. The van der Waals surface area contributed by atoms with Crippen molar-refractivity contribution in [3.05, 3.63) is 65.1 Å². The summed E-state index contributed by atoms with van der Waals surface area (Å²) >= 11 is 0. The summed E-state index contributed by atoms with van der Waals surface area (Å²) in [6, 6.07) is 11.1. The number of halogens is 1. The predicted molar refractivity (Wildman–Crippen MR) is 91.7 cm³/mol. The summed E-state index contributed by atoms with van der Waals surface area (Å²) in [5.74, 6) is -1.76. The average Bonchev–Trinajstić information content (AvgIpc) is 2.86. The van der Waals surface area contributed by atoms with Crippen LogP contribution in [0.15, 0.2) is 47.4 Å². The second-order valence-corrected chi connectivity index (χ2v) is 7.43. The van der Waals surface area contributed by atoms with Crippen molar-refractivity contribution in [1.29, 1.82) is 5.26 Å². The van der Waals surface area contributed by atoms with Crippen LogP contribution in [0.1, 0.15) is 16.8 Å². The van der Waals surface area contributed by atoms with Crippen molar-refractivity contribution in [1.82, 2.24) is 3.97 Å². The lowest BCUT2D eigenvalue weighted by Gasteiger charge is -2.11. The van der Waals surface area contributed by atoms with Gasteiger partial charge in [0.2, 0.25) is 0 Å². The van der Waals surface area contributed by atoms with Crippen LogP contribution in [0.2, 0.25) is 0 Å². The maximum Gasteiger partial charge on any atom is 0.307 e. The van der Waals surface area contributed by atoms with E-state index < -0.39 is 28.2 Å². The number of aromatic nitrogens is 1. The number of rotatable bonds is 4. The largest absolute Gasteiger partial charge is 0.481 e. The molecule has 3 aromatic rings. The second-order valence-electron chi connectivity index (χ2n) is 5.67. The van der Waals surface area contributed by atoms with Gasteiger partial charge < -0.3 is 5.11 Å². The van der Waals surface area contributed by atoms with Gasteiger partial charge in [-0.15, -0.1) is 0 Å². The van der Waals surface area contributed by atoms with Crippen molar-refractivity contribution in [2.75, 3.05) is 0 Å². The van der Waals surface area contributed by atoms with Gasteiger partial charge in [-0.1, -0.05) is 12.1 Å². The molecule has 0 amide bonds. The molecule has 1 N–H and O–H groups in total. The predicted octanol–water partition coefficient (Wildman–Crippen LogP) is 2.82. The highest BCUT2D eigenvalue weighted by molar-refractivity contribution is 7.90. The van der Waals surface area contributed by atoms with Crippen LogP contribution in [0.5, 0.6) is 0 Å². The number of carbonyl (C=O) groups is 1. The summed E-state index contributed by atoms with van der Waals surface area (Å²) in [5, 5.41) is 18.6. The van der Waals surface area contributed by atoms with E-state index in [-0.39, 0.29) is 32.6 Å². The molecule has 8 heteroatoms. The Morgan fingerprint density at radius 3 is 2.62 bits per heavy atom. The van der Waals surface area contributed by atoms with E-state index in [1.807, 2.05) is 6.07 Å². The van der Waals surface area contributed by atoms with E-state index in [9.17, 15) is 22.9 Å². The van der Waals surface area contributed by atoms with Crippen LogP contribution >= 0.6 is 0 Å². The van der Waals surface area contributed by atoms with Gasteiger partial charge in [-0.05, 0) is 42.8 Å². The molecule has 0 bridgehead atoms. The molecular weight excluding hydrogens is 359 g/mol. The first-order chi connectivity index (χ1) is 12.3. The molecule has 1 heterocycles. The van der Waals surface area contributed by atoms with Gasteiger partial charge in [-0.2, -0.15) is 5.26 Å². The monoisotopic (exact) mass is 372 g/mol. The fourth-order valence-corrected chi connectivity index (χ4v) is 4.72. The van der Waals surface area contributed by atoms with Crippen molar-refractivity contribution in [2.24, 2.45) is 0 Å². The molecule has 1 aromatic heterocycles. The zero-order valence-electron chi connectivity index (χ0n) is 13.6. The summed E-state index contributed by atoms with van der Waals surface area (Å²) in [7, 11) is -4.19. The maximum atomic E-state index is 13.7. The van der Waals surface area contributed by atoms with Crippen molar-refractivity contribution >= 4 is 26.9 Å². The van der Waals surface area contributed by atoms with E-state index in [1.54, 1.807) is 6.07 Å². The molecule has 0 aliphatic carbocycles. The van der Waals surface area contributed by atoms with Gasteiger partial charge >= 0.3 is 5.97 Å². The second kappa shape index (κ2) is 6.28. The van der Waals surface area contributed by atoms with Crippen LogP contribution in [-0.2, 0) is 21.2 Å². The van der Waals surface area contributed by atoms with Crippen molar-refractivity contribution in [3.63, 3.8) is 0 Å². The van der Waals surface area contributed by atoms with E-state index in [4.69, 9.17) is 5.11 Å². The van der Waals surface area contributed by atoms with E-state index in [0.29, 0.717) is 0 Å². The first kappa shape index (κ1) is 17.6. The summed E-state index contributed by atoms with van der Waals surface area (Å²) in [6.45, 7) is 1.46. The van der Waals surface area contributed by atoms with E-state index in [0.717, 1.165) is 16.1 Å². The topological polar surface area (TPSA) is 100 Å². The van der Waals surface area contributed by atoms with Gasteiger partial charge in [-0.3, -0.25) is 4.79 Å². The van der Waals surface area contributed by atoms with Crippen molar-refractivity contribution in [2.45, 2.75) is 18.2 Å². The van der Waals surface area contributed by atoms with Gasteiger partial charge in [0.05, 0.1) is 17.5 Å². The molecule has 0 saturated heterocycles. The molecule has 132 valence electrons. The Bertz CT molecular complexity index is 1190. The number of nitrogens with zero attached hydrogens (tertiary/aromatic N) is 2. The van der Waals surface area contributed by atoms with Gasteiger partial charge in [0.15, 0.2) is 0 Å². The Labute approximate surface area is 148 Å². The number of nitriles is 1. The standard InChI is InChI=1S/C18H13FN2O4S/c1-11-14(9-18(22)23)15-8-13(19)6-7-16(15)21(11)26(24,25)17-5-3-2-4-12(17)10-20/h2-8H,9H2,1H3,(H,22,23). The summed E-state index contributed by atoms with van der Waals surface area (Å²) < 4.78 is 41.1. The molecule has 0 spiro atoms. The Morgan fingerprint density at radius 2 is 1.96 bits per heavy atom. The molecule has 0 aliphatic rings. The highest BCUT2D eigenvalue weighted by Crippen LogP contribution is 2.31. The van der Waals surface area contributed by atoms with Crippen molar-refractivity contribution in [3.8, 4) is 6.07 Å². The highest BCUT2D eigenvalue weighted by atomic mass is 32.2. The number of hydrogen-bond acceptors (Lipinski definition) is 4. The van der Waals surface area contributed by atoms with E-state index in [2.05, 4.69) is 0 Å². The molecule has 0 fully saturated rings. The minimum Gasteiger partial charge on any atom is -0.481 e. The molecule has 6 nitrogen and oxygen atoms in total. The third-order valence-electron chi connectivity index (χ3n) is 4.10. The smallest absolute Gasteiger partial charge is 0.307 e. The Kier molecular flexibility index (Phi) is 4.26. The highest BCUT2D eigenvalue weighted by Gasteiger charge is 2.27. The van der Waals surface area contributed by atoms with E-state index >= 15 is 0 Å². The number of aliphatic carboxylic acids is 1. The Hall–Kier alpha value is -3.18. The fraction of sp³-hybridized carbons (Fsp3) is 0.111. The lowest BCUT2D eigenvalue weighted by atomic mass is 10.1. The zero-order chi connectivity index (χ0) is 19.1. The third-order valence-corrected chi connectivity index (χ3v) is 5.96. The van der Waals surface area contributed by atoms with Crippen LogP contribution in [0.4, 0.5) is 4.39 Å². The third kappa shape index (κ3) is 2.72. The first-order valence-electron chi connectivity index (χ1n) is 7.53. The molecule has 0 unspecified atom stereocenters. The van der Waals surface area contributed by atoms with Crippen molar-refractivity contribution < 1.29 is 22.7 Å². The zero-order valence-corrected chi connectivity index (χ0v) is 14.4. The average molecular weight is 372 g/mol. The minimum absolute atomic E-state index is 0.0318. The fourth-order valence-electron chi connectivity index (χ4n) is 2.99. The number of benzene rings is 2. The summed E-state index contributed by atoms with van der Waals surface area (Å²) in [6.07, 6.45) is -0.450. The molecule has 26 heavy (non-hydrogen) atoms. The van der Waals surface area contributed by atoms with Gasteiger partial charge in [-0.25, -0.2) is 16.8 Å². The van der Waals surface area contributed by atoms with Gasteiger partial charge in [0, 0.05) is 11.1 Å². The molecule has 3 rings (SSSR count). The molecule has 0 saturated carbocycles. The Morgan fingerprint density at radius 1 is 1.27 bits per heavy atom. The van der Waals surface area contributed by atoms with Crippen LogP contribution in [0.25, 0.3) is 10.9 Å². The van der Waals surface area contributed by atoms with Crippen LogP contribution in [-0.4, -0.2) is 23.5 Å². The van der Waals surface area contributed by atoms with Crippen LogP contribution in [0.3, 0.4) is 0 Å². The molecule has 0 aliphatic heterocycles. The van der Waals surface area contributed by atoms with Gasteiger partial charge in [0.1, 0.15) is 16.8 Å². The molecular formula is C18H13FN2O4S. The quantitative estimate of drug-likeness (QED) is 0.759. The normalized spacial score (nSPS) is 11.4. The first-order valence-corrected chi connectivity index (χ1v) is 8.97. The minimum atomic E-state index is -4.19. The van der Waals surface area contributed by atoms with Gasteiger partial charge in [0.25, 0.3) is 10.0 Å². The Balaban J connectivity index is 2.40. The number of carboxylic acids is 1. The molecule has 2 aromatic carbocycles. The lowest BCUT2D eigenvalue weighted by Crippen LogP contribution is -2.16. The lowest BCUT2D eigenvalue weighted by molar-refractivity contribution is -0.136. The summed E-state index contributed by atoms with van der Waals surface area (Å²) in [4.78, 5) is 11.0. The number of hydrogen-bond donors (Lipinski definition) is 1. The van der Waals surface area contributed by atoms with E-state index in [1.165, 1.54) is 31.2 Å². The van der Waals surface area contributed by atoms with Crippen LogP contribution < -0.4 is 0 Å². The van der Waals surface area contributed by atoms with Crippen LogP contribution in [0, 0.1) is 24.1 Å². The molecule has 0 atom stereocenters.